The SMILES string of the molecule is C/C(C(=O)O)=C(/C)C(=O)OCCN. The number of carbonyl (C=O) groups excluding carboxylic acids is 1. The van der Waals surface area contributed by atoms with E-state index in [9.17, 15) is 9.59 Å². The third-order valence-electron chi connectivity index (χ3n) is 1.54. The highest BCUT2D eigenvalue weighted by atomic mass is 16.5. The fourth-order valence-electron chi connectivity index (χ4n) is 0.573. The molecule has 0 amide bonds. The number of carbonyl (C=O) groups is 2. The predicted octanol–water partition coefficient (Wildman–Crippen LogP) is -0.0907. The Balaban J connectivity index is 4.40. The van der Waals surface area contributed by atoms with Crippen molar-refractivity contribution in [3.8, 4) is 0 Å². The smallest absolute Gasteiger partial charge is 0.334 e. The minimum absolute atomic E-state index is 0.0120. The van der Waals surface area contributed by atoms with Crippen molar-refractivity contribution >= 4 is 11.9 Å². The topological polar surface area (TPSA) is 89.6 Å². The summed E-state index contributed by atoms with van der Waals surface area (Å²) in [4.78, 5) is 21.5. The Morgan fingerprint density at radius 1 is 1.31 bits per heavy atom. The normalized spacial score (nSPS) is 11.9. The summed E-state index contributed by atoms with van der Waals surface area (Å²) in [5.74, 6) is -1.76. The first-order valence-corrected chi connectivity index (χ1v) is 3.78. The summed E-state index contributed by atoms with van der Waals surface area (Å²) in [6.07, 6.45) is 0. The van der Waals surface area contributed by atoms with Gasteiger partial charge in [0.05, 0.1) is 0 Å². The van der Waals surface area contributed by atoms with Crippen molar-refractivity contribution in [2.45, 2.75) is 13.8 Å². The molecule has 0 rings (SSSR count). The second kappa shape index (κ2) is 5.31. The van der Waals surface area contributed by atoms with Crippen molar-refractivity contribution in [1.29, 1.82) is 0 Å². The number of hydrogen-bond acceptors (Lipinski definition) is 4. The van der Waals surface area contributed by atoms with Crippen LogP contribution in [0.1, 0.15) is 13.8 Å². The van der Waals surface area contributed by atoms with Crippen LogP contribution in [0.5, 0.6) is 0 Å². The molecular weight excluding hydrogens is 174 g/mol. The van der Waals surface area contributed by atoms with Crippen molar-refractivity contribution < 1.29 is 19.4 Å². The first-order valence-electron chi connectivity index (χ1n) is 3.78. The molecule has 5 nitrogen and oxygen atoms in total. The fourth-order valence-corrected chi connectivity index (χ4v) is 0.573. The molecule has 0 aliphatic carbocycles. The molecule has 0 aromatic carbocycles. The van der Waals surface area contributed by atoms with Crippen LogP contribution in [0.15, 0.2) is 11.1 Å². The number of rotatable bonds is 4. The lowest BCUT2D eigenvalue weighted by Gasteiger charge is -2.04. The molecule has 0 bridgehead atoms. The Labute approximate surface area is 76.2 Å². The number of carboxylic acid groups (broad SMARTS) is 1. The molecule has 5 heteroatoms. The second-order valence-corrected chi connectivity index (χ2v) is 2.48. The van der Waals surface area contributed by atoms with Crippen LogP contribution in [0.2, 0.25) is 0 Å². The number of aliphatic carboxylic acids is 1. The molecule has 13 heavy (non-hydrogen) atoms. The molecule has 0 fully saturated rings. The molecule has 0 radical (unpaired) electrons. The van der Waals surface area contributed by atoms with E-state index in [0.29, 0.717) is 0 Å². The number of esters is 1. The minimum atomic E-state index is -1.12. The number of carboxylic acids is 1. The van der Waals surface area contributed by atoms with Gasteiger partial charge in [-0.25, -0.2) is 9.59 Å². The van der Waals surface area contributed by atoms with Crippen LogP contribution >= 0.6 is 0 Å². The van der Waals surface area contributed by atoms with E-state index in [1.165, 1.54) is 13.8 Å². The van der Waals surface area contributed by atoms with Crippen LogP contribution < -0.4 is 5.73 Å². The van der Waals surface area contributed by atoms with E-state index in [1.807, 2.05) is 0 Å². The predicted molar refractivity (Wildman–Crippen MR) is 46.0 cm³/mol. The molecule has 0 spiro atoms. The van der Waals surface area contributed by atoms with Crippen LogP contribution in [0.25, 0.3) is 0 Å². The van der Waals surface area contributed by atoms with Gasteiger partial charge in [-0.15, -0.1) is 0 Å². The summed E-state index contributed by atoms with van der Waals surface area (Å²) >= 11 is 0. The molecule has 0 aliphatic rings. The third-order valence-corrected chi connectivity index (χ3v) is 1.54. The van der Waals surface area contributed by atoms with Gasteiger partial charge in [0.15, 0.2) is 0 Å². The maximum absolute atomic E-state index is 11.0. The molecule has 0 saturated carbocycles. The van der Waals surface area contributed by atoms with E-state index in [2.05, 4.69) is 4.74 Å². The first kappa shape index (κ1) is 11.6. The zero-order valence-electron chi connectivity index (χ0n) is 7.66. The summed E-state index contributed by atoms with van der Waals surface area (Å²) in [5.41, 5.74) is 5.19. The minimum Gasteiger partial charge on any atom is -0.478 e. The van der Waals surface area contributed by atoms with Crippen molar-refractivity contribution in [3.05, 3.63) is 11.1 Å². The van der Waals surface area contributed by atoms with E-state index in [-0.39, 0.29) is 24.3 Å². The Hall–Kier alpha value is -1.36. The summed E-state index contributed by atoms with van der Waals surface area (Å²) in [7, 11) is 0. The average Bonchev–Trinajstić information content (AvgIpc) is 2.11. The largest absolute Gasteiger partial charge is 0.478 e. The van der Waals surface area contributed by atoms with Crippen molar-refractivity contribution in [2.24, 2.45) is 5.73 Å². The van der Waals surface area contributed by atoms with Gasteiger partial charge in [-0.3, -0.25) is 0 Å². The number of hydrogen-bond donors (Lipinski definition) is 2. The van der Waals surface area contributed by atoms with Gasteiger partial charge in [0.1, 0.15) is 6.61 Å². The summed E-state index contributed by atoms with van der Waals surface area (Å²) < 4.78 is 4.64. The van der Waals surface area contributed by atoms with Gasteiger partial charge in [0.25, 0.3) is 0 Å². The van der Waals surface area contributed by atoms with Crippen molar-refractivity contribution in [1.82, 2.24) is 0 Å². The summed E-state index contributed by atoms with van der Waals surface area (Å²) in [6.45, 7) is 3.08. The van der Waals surface area contributed by atoms with E-state index in [4.69, 9.17) is 10.8 Å². The monoisotopic (exact) mass is 187 g/mol. The molecular formula is C8H13NO4. The van der Waals surface area contributed by atoms with Crippen LogP contribution in [0.4, 0.5) is 0 Å². The summed E-state index contributed by atoms with van der Waals surface area (Å²) in [5, 5.41) is 8.54. The number of nitrogens with two attached hydrogens (primary N) is 1. The van der Waals surface area contributed by atoms with E-state index in [0.717, 1.165) is 0 Å². The molecule has 0 heterocycles. The molecule has 0 saturated heterocycles. The van der Waals surface area contributed by atoms with Gasteiger partial charge < -0.3 is 15.6 Å². The fraction of sp³-hybridized carbons (Fsp3) is 0.500. The second-order valence-electron chi connectivity index (χ2n) is 2.48. The van der Waals surface area contributed by atoms with Crippen molar-refractivity contribution in [2.75, 3.05) is 13.2 Å². The lowest BCUT2D eigenvalue weighted by atomic mass is 10.1. The maximum atomic E-state index is 11.0. The third kappa shape index (κ3) is 3.71. The van der Waals surface area contributed by atoms with Gasteiger partial charge in [0, 0.05) is 17.7 Å². The zero-order valence-corrected chi connectivity index (χ0v) is 7.66. The van der Waals surface area contributed by atoms with Crippen LogP contribution in [0.3, 0.4) is 0 Å². The zero-order chi connectivity index (χ0) is 10.4. The first-order chi connectivity index (χ1) is 6.00. The van der Waals surface area contributed by atoms with Gasteiger partial charge in [-0.2, -0.15) is 0 Å². The quantitative estimate of drug-likeness (QED) is 0.474. The van der Waals surface area contributed by atoms with Gasteiger partial charge in [0.2, 0.25) is 0 Å². The molecule has 0 atom stereocenters. The Morgan fingerprint density at radius 2 is 1.85 bits per heavy atom. The van der Waals surface area contributed by atoms with Crippen LogP contribution in [-0.2, 0) is 14.3 Å². The average molecular weight is 187 g/mol. The highest BCUT2D eigenvalue weighted by Gasteiger charge is 2.13. The van der Waals surface area contributed by atoms with Gasteiger partial charge in [-0.05, 0) is 13.8 Å². The molecule has 0 aromatic rings. The molecule has 74 valence electrons. The van der Waals surface area contributed by atoms with E-state index >= 15 is 0 Å². The van der Waals surface area contributed by atoms with E-state index in [1.54, 1.807) is 0 Å². The lowest BCUT2D eigenvalue weighted by molar-refractivity contribution is -0.140. The summed E-state index contributed by atoms with van der Waals surface area (Å²) in [6, 6.07) is 0. The Bertz CT molecular complexity index is 245. The maximum Gasteiger partial charge on any atom is 0.334 e. The Morgan fingerprint density at radius 3 is 2.23 bits per heavy atom. The highest BCUT2D eigenvalue weighted by molar-refractivity contribution is 5.98. The number of ether oxygens (including phenoxy) is 1. The lowest BCUT2D eigenvalue weighted by Crippen LogP contribution is -2.16. The standard InChI is InChI=1S/C8H13NO4/c1-5(7(10)11)6(2)8(12)13-4-3-9/h3-4,9H2,1-2H3,(H,10,11)/b6-5+. The van der Waals surface area contributed by atoms with Crippen LogP contribution in [-0.4, -0.2) is 30.2 Å². The molecule has 0 aromatic heterocycles. The van der Waals surface area contributed by atoms with E-state index < -0.39 is 11.9 Å². The van der Waals surface area contributed by atoms with Crippen molar-refractivity contribution in [3.63, 3.8) is 0 Å². The molecule has 0 unspecified atom stereocenters. The van der Waals surface area contributed by atoms with Gasteiger partial charge in [-0.1, -0.05) is 0 Å². The molecule has 0 aliphatic heterocycles. The highest BCUT2D eigenvalue weighted by Crippen LogP contribution is 2.05. The van der Waals surface area contributed by atoms with Gasteiger partial charge >= 0.3 is 11.9 Å². The Kier molecular flexibility index (Phi) is 4.76. The molecule has 3 N–H and O–H groups in total. The van der Waals surface area contributed by atoms with Crippen LogP contribution in [0, 0.1) is 0 Å².